The summed E-state index contributed by atoms with van der Waals surface area (Å²) in [5, 5.41) is 10.5. The number of hydrogen-bond acceptors (Lipinski definition) is 6. The van der Waals surface area contributed by atoms with Gasteiger partial charge in [0.2, 0.25) is 0 Å². The van der Waals surface area contributed by atoms with Crippen molar-refractivity contribution in [3.63, 3.8) is 0 Å². The monoisotopic (exact) mass is 468 g/mol. The van der Waals surface area contributed by atoms with Crippen molar-refractivity contribution in [3.8, 4) is 0 Å². The topological polar surface area (TPSA) is 135 Å². The van der Waals surface area contributed by atoms with E-state index in [9.17, 15) is 19.2 Å². The van der Waals surface area contributed by atoms with Gasteiger partial charge in [-0.15, -0.1) is 0 Å². The van der Waals surface area contributed by atoms with Gasteiger partial charge in [0.25, 0.3) is 0 Å². The van der Waals surface area contributed by atoms with Crippen molar-refractivity contribution in [1.82, 2.24) is 21.3 Å². The second kappa shape index (κ2) is 15.5. The molecule has 2 aromatic carbocycles. The van der Waals surface area contributed by atoms with E-state index in [1.165, 1.54) is 0 Å². The lowest BCUT2D eigenvalue weighted by Gasteiger charge is -2.08. The number of ether oxygens (including phenoxy) is 2. The molecule has 0 saturated heterocycles. The lowest BCUT2D eigenvalue weighted by Crippen LogP contribution is -2.37. The quantitative estimate of drug-likeness (QED) is 0.212. The number of rotatable bonds is 12. The van der Waals surface area contributed by atoms with Gasteiger partial charge in [0.15, 0.2) is 0 Å². The Bertz CT molecular complexity index is 873. The summed E-state index contributed by atoms with van der Waals surface area (Å²) in [6, 6.07) is 18.1. The fraction of sp³-hybridized carbons (Fsp3) is 0.250. The van der Waals surface area contributed by atoms with E-state index in [0.717, 1.165) is 23.3 Å². The zero-order chi connectivity index (χ0) is 24.4. The molecule has 2 rings (SSSR count). The first-order valence-electron chi connectivity index (χ1n) is 10.7. The summed E-state index contributed by atoms with van der Waals surface area (Å²) in [6.07, 6.45) is 1.86. The average molecular weight is 469 g/mol. The smallest absolute Gasteiger partial charge is 0.331 e. The summed E-state index contributed by atoms with van der Waals surface area (Å²) >= 11 is 0. The summed E-state index contributed by atoms with van der Waals surface area (Å²) in [5.41, 5.74) is 1.92. The Hall–Kier alpha value is -4.34. The fourth-order valence-electron chi connectivity index (χ4n) is 2.55. The standard InChI is InChI=1S/C24H28N4O6/c29-21(33-15-13-25-23(31)27-17-19-7-3-1-4-8-19)11-12-22(30)34-16-14-26-24(32)28-18-20-9-5-2-6-10-20/h1-12H,13-18H2,(H2,25,27,31)(H2,26,28,32)/b12-11+. The summed E-state index contributed by atoms with van der Waals surface area (Å²) in [5.74, 6) is -1.50. The maximum absolute atomic E-state index is 11.7. The van der Waals surface area contributed by atoms with Gasteiger partial charge in [-0.2, -0.15) is 0 Å². The molecular formula is C24H28N4O6. The number of amides is 4. The molecule has 0 heterocycles. The molecule has 10 heteroatoms. The highest BCUT2D eigenvalue weighted by molar-refractivity contribution is 5.91. The molecule has 0 fully saturated rings. The highest BCUT2D eigenvalue weighted by Gasteiger charge is 2.04. The Kier molecular flexibility index (Phi) is 11.8. The molecule has 180 valence electrons. The van der Waals surface area contributed by atoms with Crippen LogP contribution in [0, 0.1) is 0 Å². The van der Waals surface area contributed by atoms with E-state index in [4.69, 9.17) is 9.47 Å². The third-order valence-corrected chi connectivity index (χ3v) is 4.21. The maximum atomic E-state index is 11.7. The first-order valence-corrected chi connectivity index (χ1v) is 10.7. The zero-order valence-electron chi connectivity index (χ0n) is 18.6. The van der Waals surface area contributed by atoms with E-state index < -0.39 is 11.9 Å². The Morgan fingerprint density at radius 2 is 0.971 bits per heavy atom. The van der Waals surface area contributed by atoms with Crippen molar-refractivity contribution in [2.24, 2.45) is 0 Å². The molecule has 0 aliphatic rings. The molecule has 0 atom stereocenters. The molecule has 0 aliphatic heterocycles. The van der Waals surface area contributed by atoms with Crippen molar-refractivity contribution in [2.45, 2.75) is 13.1 Å². The van der Waals surface area contributed by atoms with Crippen molar-refractivity contribution in [3.05, 3.63) is 83.9 Å². The highest BCUT2D eigenvalue weighted by Crippen LogP contribution is 1.97. The molecule has 34 heavy (non-hydrogen) atoms. The van der Waals surface area contributed by atoms with Crippen LogP contribution in [0.1, 0.15) is 11.1 Å². The van der Waals surface area contributed by atoms with Gasteiger partial charge in [0.05, 0.1) is 13.1 Å². The third kappa shape index (κ3) is 11.9. The van der Waals surface area contributed by atoms with Crippen LogP contribution >= 0.6 is 0 Å². The number of carbonyl (C=O) groups is 4. The van der Waals surface area contributed by atoms with Gasteiger partial charge in [-0.1, -0.05) is 60.7 Å². The van der Waals surface area contributed by atoms with Crippen LogP contribution < -0.4 is 21.3 Å². The van der Waals surface area contributed by atoms with E-state index >= 15 is 0 Å². The van der Waals surface area contributed by atoms with Gasteiger partial charge in [-0.25, -0.2) is 19.2 Å². The molecule has 0 radical (unpaired) electrons. The molecule has 10 nitrogen and oxygen atoms in total. The summed E-state index contributed by atoms with van der Waals surface area (Å²) in [4.78, 5) is 46.6. The van der Waals surface area contributed by atoms with E-state index in [0.29, 0.717) is 13.1 Å². The molecule has 0 saturated carbocycles. The number of urea groups is 2. The summed E-state index contributed by atoms with van der Waals surface area (Å²) in [6.45, 7) is 0.875. The van der Waals surface area contributed by atoms with E-state index in [1.807, 2.05) is 60.7 Å². The van der Waals surface area contributed by atoms with Crippen molar-refractivity contribution in [2.75, 3.05) is 26.3 Å². The lowest BCUT2D eigenvalue weighted by molar-refractivity contribution is -0.140. The van der Waals surface area contributed by atoms with Crippen molar-refractivity contribution >= 4 is 24.0 Å². The minimum atomic E-state index is -0.748. The van der Waals surface area contributed by atoms with Crippen LogP contribution in [-0.2, 0) is 32.2 Å². The maximum Gasteiger partial charge on any atom is 0.331 e. The number of carbonyl (C=O) groups excluding carboxylic acids is 4. The van der Waals surface area contributed by atoms with Gasteiger partial charge >= 0.3 is 24.0 Å². The second-order valence-electron chi connectivity index (χ2n) is 6.86. The number of hydrogen-bond donors (Lipinski definition) is 4. The van der Waals surface area contributed by atoms with Crippen LogP contribution in [0.4, 0.5) is 9.59 Å². The Morgan fingerprint density at radius 1 is 0.588 bits per heavy atom. The minimum absolute atomic E-state index is 0.0566. The predicted molar refractivity (Wildman–Crippen MR) is 124 cm³/mol. The molecule has 0 bridgehead atoms. The Morgan fingerprint density at radius 3 is 1.35 bits per heavy atom. The molecule has 0 aromatic heterocycles. The van der Waals surface area contributed by atoms with Crippen LogP contribution in [0.25, 0.3) is 0 Å². The number of nitrogens with one attached hydrogen (secondary N) is 4. The summed E-state index contributed by atoms with van der Waals surface area (Å²) in [7, 11) is 0. The first kappa shape index (κ1) is 25.9. The zero-order valence-corrected chi connectivity index (χ0v) is 18.6. The highest BCUT2D eigenvalue weighted by atomic mass is 16.5. The van der Waals surface area contributed by atoms with Gasteiger partial charge in [0.1, 0.15) is 13.2 Å². The van der Waals surface area contributed by atoms with Crippen molar-refractivity contribution in [1.29, 1.82) is 0 Å². The van der Waals surface area contributed by atoms with Gasteiger partial charge in [0, 0.05) is 25.2 Å². The van der Waals surface area contributed by atoms with E-state index in [-0.39, 0.29) is 38.4 Å². The Balaban J connectivity index is 1.47. The molecule has 0 aliphatic carbocycles. The number of benzene rings is 2. The van der Waals surface area contributed by atoms with Crippen LogP contribution in [-0.4, -0.2) is 50.3 Å². The van der Waals surface area contributed by atoms with Crippen LogP contribution in [0.5, 0.6) is 0 Å². The average Bonchev–Trinajstić information content (AvgIpc) is 2.86. The van der Waals surface area contributed by atoms with Crippen LogP contribution in [0.3, 0.4) is 0 Å². The normalized spacial score (nSPS) is 10.2. The van der Waals surface area contributed by atoms with Gasteiger partial charge in [-0.05, 0) is 11.1 Å². The molecule has 4 N–H and O–H groups in total. The van der Waals surface area contributed by atoms with Crippen LogP contribution in [0.2, 0.25) is 0 Å². The van der Waals surface area contributed by atoms with E-state index in [1.54, 1.807) is 0 Å². The fourth-order valence-corrected chi connectivity index (χ4v) is 2.55. The van der Waals surface area contributed by atoms with Crippen molar-refractivity contribution < 1.29 is 28.7 Å². The molecule has 0 spiro atoms. The second-order valence-corrected chi connectivity index (χ2v) is 6.86. The lowest BCUT2D eigenvalue weighted by atomic mass is 10.2. The molecular weight excluding hydrogens is 440 g/mol. The molecule has 4 amide bonds. The van der Waals surface area contributed by atoms with Crippen LogP contribution in [0.15, 0.2) is 72.8 Å². The number of esters is 2. The molecule has 0 unspecified atom stereocenters. The minimum Gasteiger partial charge on any atom is -0.461 e. The first-order chi connectivity index (χ1) is 16.5. The SMILES string of the molecule is O=C(NCCOC(=O)/C=C/C(=O)OCCNC(=O)NCc1ccccc1)NCc1ccccc1. The van der Waals surface area contributed by atoms with Gasteiger partial charge < -0.3 is 30.7 Å². The summed E-state index contributed by atoms with van der Waals surface area (Å²) < 4.78 is 9.77. The van der Waals surface area contributed by atoms with Gasteiger partial charge in [-0.3, -0.25) is 0 Å². The Labute approximate surface area is 197 Å². The van der Waals surface area contributed by atoms with E-state index in [2.05, 4.69) is 21.3 Å². The largest absolute Gasteiger partial charge is 0.461 e. The predicted octanol–water partition coefficient (Wildman–Crippen LogP) is 1.63. The molecule has 2 aromatic rings. The third-order valence-electron chi connectivity index (χ3n) is 4.21.